The Morgan fingerprint density at radius 3 is 3.00 bits per heavy atom. The maximum Gasteiger partial charge on any atom is 0.226 e. The number of carbonyl (C=O) groups is 1. The summed E-state index contributed by atoms with van der Waals surface area (Å²) in [4.78, 5) is 12.2. The minimum atomic E-state index is -0.110. The Balaban J connectivity index is 1.73. The fourth-order valence-electron chi connectivity index (χ4n) is 2.15. The Labute approximate surface area is 129 Å². The number of anilines is 1. The van der Waals surface area contributed by atoms with Gasteiger partial charge in [0.25, 0.3) is 0 Å². The normalized spacial score (nSPS) is 17.6. The van der Waals surface area contributed by atoms with Crippen LogP contribution < -0.4 is 11.1 Å². The summed E-state index contributed by atoms with van der Waals surface area (Å²) in [5, 5.41) is 2.81. The summed E-state index contributed by atoms with van der Waals surface area (Å²) in [6, 6.07) is 7.22. The summed E-state index contributed by atoms with van der Waals surface area (Å²) in [5.41, 5.74) is 6.93. The quantitative estimate of drug-likeness (QED) is 0.592. The van der Waals surface area contributed by atoms with Crippen LogP contribution in [0.5, 0.6) is 0 Å². The van der Waals surface area contributed by atoms with Crippen LogP contribution in [0.3, 0.4) is 0 Å². The predicted molar refractivity (Wildman–Crippen MR) is 85.3 cm³/mol. The molecule has 1 fully saturated rings. The third kappa shape index (κ3) is 5.08. The number of nitrogens with one attached hydrogen (secondary N) is 1. The first-order chi connectivity index (χ1) is 10.2. The molecule has 6 heteroatoms. The first-order valence-corrected chi connectivity index (χ1v) is 7.42. The van der Waals surface area contributed by atoms with E-state index >= 15 is 0 Å². The van der Waals surface area contributed by atoms with Crippen molar-refractivity contribution in [3.8, 4) is 0 Å². The summed E-state index contributed by atoms with van der Waals surface area (Å²) >= 11 is 4.96. The average molecular weight is 308 g/mol. The van der Waals surface area contributed by atoms with Gasteiger partial charge in [0, 0.05) is 18.1 Å². The van der Waals surface area contributed by atoms with Crippen molar-refractivity contribution >= 4 is 28.8 Å². The van der Waals surface area contributed by atoms with Crippen LogP contribution in [0.1, 0.15) is 18.4 Å². The molecule has 1 heterocycles. The van der Waals surface area contributed by atoms with Gasteiger partial charge in [0.15, 0.2) is 0 Å². The van der Waals surface area contributed by atoms with Crippen molar-refractivity contribution in [3.63, 3.8) is 0 Å². The maximum atomic E-state index is 11.9. The molecule has 1 amide bonds. The molecule has 2 rings (SSSR count). The first-order valence-electron chi connectivity index (χ1n) is 7.01. The zero-order valence-corrected chi connectivity index (χ0v) is 12.7. The molecule has 1 saturated heterocycles. The van der Waals surface area contributed by atoms with Gasteiger partial charge in [-0.2, -0.15) is 0 Å². The molecule has 0 bridgehead atoms. The van der Waals surface area contributed by atoms with Crippen LogP contribution >= 0.6 is 12.2 Å². The Bertz CT molecular complexity index is 501. The van der Waals surface area contributed by atoms with Gasteiger partial charge in [-0.15, -0.1) is 0 Å². The summed E-state index contributed by atoms with van der Waals surface area (Å²) < 4.78 is 10.8. The van der Waals surface area contributed by atoms with Crippen LogP contribution in [-0.2, 0) is 14.3 Å². The maximum absolute atomic E-state index is 11.9. The fraction of sp³-hybridized carbons (Fsp3) is 0.467. The second-order valence-electron chi connectivity index (χ2n) is 5.01. The Morgan fingerprint density at radius 1 is 1.48 bits per heavy atom. The van der Waals surface area contributed by atoms with E-state index in [9.17, 15) is 4.79 Å². The highest BCUT2D eigenvalue weighted by Crippen LogP contribution is 2.15. The lowest BCUT2D eigenvalue weighted by Crippen LogP contribution is -2.19. The first kappa shape index (κ1) is 15.9. The molecule has 3 N–H and O–H groups in total. The lowest BCUT2D eigenvalue weighted by atomic mass is 10.1. The summed E-state index contributed by atoms with van der Waals surface area (Å²) in [7, 11) is 0. The molecule has 0 radical (unpaired) electrons. The van der Waals surface area contributed by atoms with E-state index in [0.717, 1.165) is 19.6 Å². The van der Waals surface area contributed by atoms with Gasteiger partial charge in [0.1, 0.15) is 4.99 Å². The molecule has 1 aliphatic heterocycles. The van der Waals surface area contributed by atoms with Gasteiger partial charge >= 0.3 is 0 Å². The third-order valence-corrected chi connectivity index (χ3v) is 3.54. The molecule has 1 aromatic carbocycles. The number of thiocarbonyl (C=S) groups is 1. The number of para-hydroxylation sites is 1. The van der Waals surface area contributed by atoms with Gasteiger partial charge in [-0.25, -0.2) is 0 Å². The molecule has 1 atom stereocenters. The molecule has 0 spiro atoms. The van der Waals surface area contributed by atoms with Crippen molar-refractivity contribution < 1.29 is 14.3 Å². The van der Waals surface area contributed by atoms with Crippen molar-refractivity contribution in [1.29, 1.82) is 0 Å². The van der Waals surface area contributed by atoms with Gasteiger partial charge in [-0.1, -0.05) is 24.4 Å². The van der Waals surface area contributed by atoms with E-state index < -0.39 is 0 Å². The minimum absolute atomic E-state index is 0.110. The lowest BCUT2D eigenvalue weighted by molar-refractivity contribution is -0.117. The Morgan fingerprint density at radius 2 is 2.29 bits per heavy atom. The van der Waals surface area contributed by atoms with E-state index in [1.165, 1.54) is 0 Å². The Hall–Kier alpha value is -1.50. The minimum Gasteiger partial charge on any atom is -0.389 e. The van der Waals surface area contributed by atoms with Crippen LogP contribution in [0.25, 0.3) is 0 Å². The second-order valence-corrected chi connectivity index (χ2v) is 5.45. The van der Waals surface area contributed by atoms with E-state index in [1.807, 2.05) is 12.1 Å². The molecule has 21 heavy (non-hydrogen) atoms. The summed E-state index contributed by atoms with van der Waals surface area (Å²) in [6.45, 7) is 2.62. The third-order valence-electron chi connectivity index (χ3n) is 3.32. The molecular formula is C15H20N2O3S. The topological polar surface area (TPSA) is 73.6 Å². The van der Waals surface area contributed by atoms with Gasteiger partial charge in [0.2, 0.25) is 5.91 Å². The van der Waals surface area contributed by atoms with E-state index in [-0.39, 0.29) is 10.9 Å². The SMILES string of the molecule is NC(=S)c1ccccc1NC(=O)CCOCC1CCOC1. The molecule has 1 unspecified atom stereocenters. The van der Waals surface area contributed by atoms with E-state index in [1.54, 1.807) is 12.1 Å². The average Bonchev–Trinajstić information content (AvgIpc) is 2.97. The molecule has 114 valence electrons. The van der Waals surface area contributed by atoms with Gasteiger partial charge in [-0.05, 0) is 18.6 Å². The number of hydrogen-bond donors (Lipinski definition) is 2. The number of rotatable bonds is 7. The molecule has 0 aliphatic carbocycles. The van der Waals surface area contributed by atoms with Gasteiger partial charge in [-0.3, -0.25) is 4.79 Å². The van der Waals surface area contributed by atoms with E-state index in [4.69, 9.17) is 27.4 Å². The van der Waals surface area contributed by atoms with E-state index in [2.05, 4.69) is 5.32 Å². The fourth-order valence-corrected chi connectivity index (χ4v) is 2.33. The molecule has 1 aromatic rings. The van der Waals surface area contributed by atoms with Crippen LogP contribution in [0.4, 0.5) is 5.69 Å². The molecule has 0 aromatic heterocycles. The number of hydrogen-bond acceptors (Lipinski definition) is 4. The standard InChI is InChI=1S/C15H20N2O3S/c16-15(21)12-3-1-2-4-13(12)17-14(18)6-8-20-10-11-5-7-19-9-11/h1-4,11H,5-10H2,(H2,16,21)(H,17,18). The van der Waals surface area contributed by atoms with Crippen LogP contribution in [0.15, 0.2) is 24.3 Å². The number of nitrogens with two attached hydrogens (primary N) is 1. The largest absolute Gasteiger partial charge is 0.389 e. The van der Waals surface area contributed by atoms with Crippen molar-refractivity contribution in [2.75, 3.05) is 31.7 Å². The predicted octanol–water partition coefficient (Wildman–Crippen LogP) is 1.70. The smallest absolute Gasteiger partial charge is 0.226 e. The molecular weight excluding hydrogens is 288 g/mol. The zero-order valence-electron chi connectivity index (χ0n) is 11.8. The summed E-state index contributed by atoms with van der Waals surface area (Å²) in [5.74, 6) is 0.352. The summed E-state index contributed by atoms with van der Waals surface area (Å²) in [6.07, 6.45) is 1.34. The van der Waals surface area contributed by atoms with Crippen molar-refractivity contribution in [3.05, 3.63) is 29.8 Å². The second kappa shape index (κ2) is 8.07. The van der Waals surface area contributed by atoms with Gasteiger partial charge in [0.05, 0.1) is 31.9 Å². The van der Waals surface area contributed by atoms with Crippen molar-refractivity contribution in [2.24, 2.45) is 11.7 Å². The number of carbonyl (C=O) groups excluding carboxylic acids is 1. The van der Waals surface area contributed by atoms with Crippen LogP contribution in [0, 0.1) is 5.92 Å². The molecule has 0 saturated carbocycles. The highest BCUT2D eigenvalue weighted by molar-refractivity contribution is 7.80. The number of benzene rings is 1. The highest BCUT2D eigenvalue weighted by Gasteiger charge is 2.15. The number of ether oxygens (including phenoxy) is 2. The monoisotopic (exact) mass is 308 g/mol. The Kier molecular flexibility index (Phi) is 6.10. The number of amides is 1. The van der Waals surface area contributed by atoms with E-state index in [0.29, 0.717) is 36.8 Å². The van der Waals surface area contributed by atoms with Crippen molar-refractivity contribution in [1.82, 2.24) is 0 Å². The lowest BCUT2D eigenvalue weighted by Gasteiger charge is -2.11. The van der Waals surface area contributed by atoms with Crippen molar-refractivity contribution in [2.45, 2.75) is 12.8 Å². The van der Waals surface area contributed by atoms with Crippen LogP contribution in [-0.4, -0.2) is 37.3 Å². The molecule has 1 aliphatic rings. The molecule has 5 nitrogen and oxygen atoms in total. The van der Waals surface area contributed by atoms with Gasteiger partial charge < -0.3 is 20.5 Å². The van der Waals surface area contributed by atoms with Crippen LogP contribution in [0.2, 0.25) is 0 Å². The zero-order chi connectivity index (χ0) is 15.1. The highest BCUT2D eigenvalue weighted by atomic mass is 32.1.